The van der Waals surface area contributed by atoms with Gasteiger partial charge in [-0.25, -0.2) is 4.99 Å². The number of nitrogens with zero attached hydrogens (tertiary/aromatic N) is 5. The van der Waals surface area contributed by atoms with Crippen LogP contribution in [0.3, 0.4) is 0 Å². The number of aliphatic imine (C=N–C) groups is 2. The van der Waals surface area contributed by atoms with Crippen LogP contribution >= 0.6 is 11.6 Å². The predicted molar refractivity (Wildman–Crippen MR) is 147 cm³/mol. The van der Waals surface area contributed by atoms with Crippen LogP contribution in [0, 0.1) is 12.8 Å². The lowest BCUT2D eigenvalue weighted by Crippen LogP contribution is -2.44. The summed E-state index contributed by atoms with van der Waals surface area (Å²) in [5.74, 6) is 2.63. The van der Waals surface area contributed by atoms with Gasteiger partial charge in [0.05, 0.1) is 13.2 Å². The molecule has 38 heavy (non-hydrogen) atoms. The summed E-state index contributed by atoms with van der Waals surface area (Å²) >= 11 is 6.74. The van der Waals surface area contributed by atoms with Crippen molar-refractivity contribution in [2.45, 2.75) is 58.9 Å². The van der Waals surface area contributed by atoms with Gasteiger partial charge >= 0.3 is 0 Å². The first-order valence-electron chi connectivity index (χ1n) is 13.3. The lowest BCUT2D eigenvalue weighted by atomic mass is 9.94. The van der Waals surface area contributed by atoms with Gasteiger partial charge in [0, 0.05) is 53.3 Å². The summed E-state index contributed by atoms with van der Waals surface area (Å²) in [7, 11) is 0. The van der Waals surface area contributed by atoms with Crippen LogP contribution in [0.2, 0.25) is 5.02 Å². The third-order valence-electron chi connectivity index (χ3n) is 7.20. The molecule has 1 aromatic carbocycles. The van der Waals surface area contributed by atoms with Gasteiger partial charge in [-0.1, -0.05) is 41.9 Å². The van der Waals surface area contributed by atoms with Gasteiger partial charge in [0.15, 0.2) is 6.23 Å². The van der Waals surface area contributed by atoms with E-state index in [4.69, 9.17) is 35.6 Å². The zero-order chi connectivity index (χ0) is 26.8. The molecule has 0 radical (unpaired) electrons. The Hall–Kier alpha value is -2.85. The molecule has 4 atom stereocenters. The van der Waals surface area contributed by atoms with E-state index in [2.05, 4.69) is 23.1 Å². The Labute approximate surface area is 227 Å². The van der Waals surface area contributed by atoms with Crippen molar-refractivity contribution < 1.29 is 19.1 Å². The normalized spacial score (nSPS) is 26.6. The zero-order valence-corrected chi connectivity index (χ0v) is 23.0. The minimum absolute atomic E-state index is 0.0620. The van der Waals surface area contributed by atoms with Gasteiger partial charge in [-0.3, -0.25) is 4.99 Å². The van der Waals surface area contributed by atoms with Crippen molar-refractivity contribution in [1.82, 2.24) is 15.0 Å². The number of fused-ring (bicyclic) bond motifs is 1. The minimum Gasteiger partial charge on any atom is -0.376 e. The summed E-state index contributed by atoms with van der Waals surface area (Å²) in [4.78, 5) is 16.3. The Balaban J connectivity index is 1.52. The first kappa shape index (κ1) is 26.7. The van der Waals surface area contributed by atoms with Gasteiger partial charge in [-0.05, 0) is 38.8 Å². The van der Waals surface area contributed by atoms with Gasteiger partial charge in [0.25, 0.3) is 0 Å². The number of allylic oxidation sites excluding steroid dienone is 1. The zero-order valence-electron chi connectivity index (χ0n) is 22.2. The summed E-state index contributed by atoms with van der Waals surface area (Å²) in [6.45, 7) is 10.1. The fraction of sp³-hybridized carbons (Fsp3) is 0.500. The molecule has 1 N–H and O–H groups in total. The van der Waals surface area contributed by atoms with Gasteiger partial charge in [-0.15, -0.1) is 0 Å². The van der Waals surface area contributed by atoms with Crippen molar-refractivity contribution in [2.75, 3.05) is 26.4 Å². The van der Waals surface area contributed by atoms with E-state index in [1.165, 1.54) is 0 Å². The number of hydrogen-bond donors (Lipinski definition) is 1. The van der Waals surface area contributed by atoms with E-state index in [0.29, 0.717) is 48.7 Å². The molecule has 4 unspecified atom stereocenters. The number of hydrogen-bond acceptors (Lipinski definition) is 8. The van der Waals surface area contributed by atoms with Gasteiger partial charge < -0.3 is 24.0 Å². The van der Waals surface area contributed by atoms with Crippen molar-refractivity contribution in [3.63, 3.8) is 0 Å². The van der Waals surface area contributed by atoms with E-state index in [1.807, 2.05) is 37.0 Å². The van der Waals surface area contributed by atoms with E-state index < -0.39 is 6.23 Å². The van der Waals surface area contributed by atoms with Crippen molar-refractivity contribution in [3.8, 4) is 11.4 Å². The molecule has 0 amide bonds. The number of likely N-dealkylation sites (N-methyl/N-ethyl adjacent to an activating group) is 1. The van der Waals surface area contributed by atoms with Gasteiger partial charge in [0.1, 0.15) is 23.8 Å². The minimum atomic E-state index is -0.919. The SMILES string of the molecule is CCOC1COCC1N=C1N=C2C(=CCC1CC)C=C(c1ccc(-c3noc(C)n3)cc1Cl)C(O)N2CC. The van der Waals surface area contributed by atoms with Crippen molar-refractivity contribution in [3.05, 3.63) is 52.4 Å². The fourth-order valence-corrected chi connectivity index (χ4v) is 5.41. The molecule has 4 heterocycles. The number of aryl methyl sites for hydroxylation is 1. The topological polar surface area (TPSA) is 106 Å². The molecule has 1 aromatic heterocycles. The molecule has 3 aliphatic rings. The van der Waals surface area contributed by atoms with Crippen LogP contribution in [0.1, 0.15) is 45.1 Å². The average molecular weight is 540 g/mol. The monoisotopic (exact) mass is 539 g/mol. The summed E-state index contributed by atoms with van der Waals surface area (Å²) < 4.78 is 16.6. The molecule has 1 fully saturated rings. The Morgan fingerprint density at radius 1 is 1.24 bits per heavy atom. The third-order valence-corrected chi connectivity index (χ3v) is 7.51. The third kappa shape index (κ3) is 5.20. The molecule has 0 saturated carbocycles. The van der Waals surface area contributed by atoms with Crippen molar-refractivity contribution in [1.29, 1.82) is 0 Å². The quantitative estimate of drug-likeness (QED) is 0.544. The average Bonchev–Trinajstić information content (AvgIpc) is 3.50. The molecule has 10 heteroatoms. The molecule has 202 valence electrons. The second-order valence-electron chi connectivity index (χ2n) is 9.61. The van der Waals surface area contributed by atoms with E-state index in [9.17, 15) is 5.11 Å². The Kier molecular flexibility index (Phi) is 8.09. The van der Waals surface area contributed by atoms with Gasteiger partial charge in [-0.2, -0.15) is 4.98 Å². The molecule has 0 spiro atoms. The van der Waals surface area contributed by atoms with Crippen molar-refractivity contribution >= 4 is 28.8 Å². The fourth-order valence-electron chi connectivity index (χ4n) is 5.12. The number of halogens is 1. The highest BCUT2D eigenvalue weighted by Gasteiger charge is 2.35. The number of aromatic nitrogens is 2. The summed E-state index contributed by atoms with van der Waals surface area (Å²) in [6.07, 6.45) is 4.91. The molecular formula is C28H34ClN5O4. The van der Waals surface area contributed by atoms with Gasteiger partial charge in [0.2, 0.25) is 11.7 Å². The lowest BCUT2D eigenvalue weighted by Gasteiger charge is -2.36. The summed E-state index contributed by atoms with van der Waals surface area (Å²) in [6, 6.07) is 5.49. The number of aliphatic hydroxyl groups is 1. The van der Waals surface area contributed by atoms with Crippen LogP contribution in [0.4, 0.5) is 0 Å². The highest BCUT2D eigenvalue weighted by atomic mass is 35.5. The summed E-state index contributed by atoms with van der Waals surface area (Å²) in [5, 5.41) is 16.0. The number of benzene rings is 1. The maximum absolute atomic E-state index is 11.5. The second-order valence-corrected chi connectivity index (χ2v) is 10.0. The maximum Gasteiger partial charge on any atom is 0.223 e. The first-order chi connectivity index (χ1) is 18.4. The van der Waals surface area contributed by atoms with E-state index in [-0.39, 0.29) is 18.1 Å². The van der Waals surface area contributed by atoms with Crippen molar-refractivity contribution in [2.24, 2.45) is 15.9 Å². The second kappa shape index (κ2) is 11.5. The van der Waals surface area contributed by atoms with Crippen LogP contribution in [-0.2, 0) is 9.47 Å². The first-order valence-corrected chi connectivity index (χ1v) is 13.6. The molecular weight excluding hydrogens is 506 g/mol. The van der Waals surface area contributed by atoms with E-state index in [1.54, 1.807) is 13.0 Å². The molecule has 0 bridgehead atoms. The largest absolute Gasteiger partial charge is 0.376 e. The maximum atomic E-state index is 11.5. The van der Waals surface area contributed by atoms with Crippen LogP contribution in [0.5, 0.6) is 0 Å². The lowest BCUT2D eigenvalue weighted by molar-refractivity contribution is 0.0460. The number of aliphatic hydroxyl groups excluding tert-OH is 1. The smallest absolute Gasteiger partial charge is 0.223 e. The standard InChI is InChI=1S/C28H34ClN5O4/c1-5-17-8-9-19-12-21(20-11-10-18(13-22(20)29)26-30-16(4)38-33-26)28(35)34(6-2)27(19)32-25(17)31-23-14-36-15-24(23)37-7-3/h9-13,17,23-24,28,35H,5-8,14-15H2,1-4H3. The van der Waals surface area contributed by atoms with Crippen LogP contribution in [0.15, 0.2) is 50.4 Å². The summed E-state index contributed by atoms with van der Waals surface area (Å²) in [5.41, 5.74) is 3.16. The molecule has 0 aliphatic carbocycles. The Bertz CT molecular complexity index is 1300. The molecule has 1 saturated heterocycles. The Morgan fingerprint density at radius 3 is 2.76 bits per heavy atom. The van der Waals surface area contributed by atoms with Crippen LogP contribution in [-0.4, -0.2) is 76.6 Å². The Morgan fingerprint density at radius 2 is 2.08 bits per heavy atom. The number of ether oxygens (including phenoxy) is 2. The van der Waals surface area contributed by atoms with Crippen LogP contribution in [0.25, 0.3) is 17.0 Å². The van der Waals surface area contributed by atoms with E-state index in [0.717, 1.165) is 41.2 Å². The number of amidine groups is 2. The predicted octanol–water partition coefficient (Wildman–Crippen LogP) is 4.69. The molecule has 2 aromatic rings. The van der Waals surface area contributed by atoms with E-state index >= 15 is 0 Å². The van der Waals surface area contributed by atoms with Crippen LogP contribution < -0.4 is 0 Å². The number of rotatable bonds is 7. The molecule has 3 aliphatic heterocycles. The molecule has 9 nitrogen and oxygen atoms in total. The molecule has 5 rings (SSSR count). The highest BCUT2D eigenvalue weighted by molar-refractivity contribution is 6.33. The highest BCUT2D eigenvalue weighted by Crippen LogP contribution is 2.36.